The van der Waals surface area contributed by atoms with Crippen molar-refractivity contribution in [2.75, 3.05) is 11.9 Å². The molecule has 2 aromatic heterocycles. The Morgan fingerprint density at radius 1 is 1.29 bits per heavy atom. The molecule has 0 saturated heterocycles. The summed E-state index contributed by atoms with van der Waals surface area (Å²) in [6.45, 7) is 3.24. The Kier molecular flexibility index (Phi) is 4.07. The summed E-state index contributed by atoms with van der Waals surface area (Å²) in [6, 6.07) is 8.83. The molecule has 1 aromatic carbocycles. The summed E-state index contributed by atoms with van der Waals surface area (Å²) in [6.07, 6.45) is 0. The lowest BCUT2D eigenvalue weighted by molar-refractivity contribution is -0.119. The van der Waals surface area contributed by atoms with E-state index in [2.05, 4.69) is 10.4 Å². The van der Waals surface area contributed by atoms with Gasteiger partial charge in [-0.2, -0.15) is 5.10 Å². The maximum atomic E-state index is 12.0. The Morgan fingerprint density at radius 3 is 2.71 bits per heavy atom. The maximum Gasteiger partial charge on any atom is 0.374 e. The van der Waals surface area contributed by atoms with Gasteiger partial charge in [-0.15, -0.1) is 0 Å². The molecule has 7 heteroatoms. The maximum absolute atomic E-state index is 12.0. The minimum absolute atomic E-state index is 0.0674. The summed E-state index contributed by atoms with van der Waals surface area (Å²) in [4.78, 5) is 24.0. The number of amides is 1. The molecule has 24 heavy (non-hydrogen) atoms. The van der Waals surface area contributed by atoms with Crippen LogP contribution in [0.15, 0.2) is 34.7 Å². The number of hydrogen-bond donors (Lipinski definition) is 1. The van der Waals surface area contributed by atoms with Crippen LogP contribution in [0.4, 0.5) is 5.69 Å². The first-order valence-corrected chi connectivity index (χ1v) is 7.41. The van der Waals surface area contributed by atoms with Crippen molar-refractivity contribution in [2.24, 2.45) is 7.05 Å². The monoisotopic (exact) mass is 327 g/mol. The van der Waals surface area contributed by atoms with Gasteiger partial charge in [-0.05, 0) is 26.0 Å². The molecule has 1 N–H and O–H groups in total. The van der Waals surface area contributed by atoms with Crippen LogP contribution in [0, 0.1) is 13.8 Å². The highest BCUT2D eigenvalue weighted by Gasteiger charge is 2.17. The minimum Gasteiger partial charge on any atom is -0.450 e. The van der Waals surface area contributed by atoms with Crippen LogP contribution in [0.5, 0.6) is 0 Å². The second-order valence-electron chi connectivity index (χ2n) is 5.44. The van der Waals surface area contributed by atoms with E-state index in [-0.39, 0.29) is 5.76 Å². The molecule has 0 aliphatic heterocycles. The third-order valence-corrected chi connectivity index (χ3v) is 3.73. The van der Waals surface area contributed by atoms with Crippen LogP contribution in [0.1, 0.15) is 21.9 Å². The average Bonchev–Trinajstić information content (AvgIpc) is 3.09. The van der Waals surface area contributed by atoms with Crippen LogP contribution in [-0.2, 0) is 16.6 Å². The molecule has 0 radical (unpaired) electrons. The lowest BCUT2D eigenvalue weighted by atomic mass is 10.2. The number of carbonyl (C=O) groups excluding carboxylic acids is 2. The van der Waals surface area contributed by atoms with Gasteiger partial charge in [0.05, 0.1) is 17.1 Å². The number of para-hydroxylation sites is 1. The number of ether oxygens (including phenoxy) is 1. The Bertz CT molecular complexity index is 890. The van der Waals surface area contributed by atoms with E-state index in [1.54, 1.807) is 30.8 Å². The summed E-state index contributed by atoms with van der Waals surface area (Å²) >= 11 is 0. The van der Waals surface area contributed by atoms with Crippen molar-refractivity contribution >= 4 is 28.5 Å². The lowest BCUT2D eigenvalue weighted by Crippen LogP contribution is -2.21. The smallest absolute Gasteiger partial charge is 0.374 e. The summed E-state index contributed by atoms with van der Waals surface area (Å²) in [5.41, 5.74) is 2.74. The van der Waals surface area contributed by atoms with E-state index in [0.717, 1.165) is 11.1 Å². The first-order chi connectivity index (χ1) is 11.5. The Labute approximate surface area is 138 Å². The van der Waals surface area contributed by atoms with Crippen molar-refractivity contribution < 1.29 is 18.7 Å². The van der Waals surface area contributed by atoms with Gasteiger partial charge in [0, 0.05) is 12.4 Å². The van der Waals surface area contributed by atoms with Crippen molar-refractivity contribution in [2.45, 2.75) is 13.8 Å². The van der Waals surface area contributed by atoms with Gasteiger partial charge in [-0.25, -0.2) is 4.79 Å². The first-order valence-electron chi connectivity index (χ1n) is 7.41. The molecule has 124 valence electrons. The van der Waals surface area contributed by atoms with E-state index in [1.165, 1.54) is 0 Å². The summed E-state index contributed by atoms with van der Waals surface area (Å²) in [7, 11) is 1.79. The topological polar surface area (TPSA) is 86.4 Å². The minimum atomic E-state index is -0.680. The van der Waals surface area contributed by atoms with Gasteiger partial charge in [0.2, 0.25) is 5.76 Å². The number of carbonyl (C=O) groups is 2. The summed E-state index contributed by atoms with van der Waals surface area (Å²) in [5, 5.41) is 7.71. The van der Waals surface area contributed by atoms with E-state index >= 15 is 0 Å². The van der Waals surface area contributed by atoms with Crippen molar-refractivity contribution in [1.29, 1.82) is 0 Å². The number of aromatic nitrogens is 2. The second-order valence-corrected chi connectivity index (χ2v) is 5.44. The third kappa shape index (κ3) is 3.01. The summed E-state index contributed by atoms with van der Waals surface area (Å²) in [5.74, 6) is -1.04. The largest absolute Gasteiger partial charge is 0.450 e. The SMILES string of the molecule is Cc1nn(C)c(C)c1NC(=O)COC(=O)c1cc2ccccc2o1. The number of nitrogens with zero attached hydrogens (tertiary/aromatic N) is 2. The van der Waals surface area contributed by atoms with E-state index in [1.807, 2.05) is 25.1 Å². The molecule has 0 aliphatic rings. The van der Waals surface area contributed by atoms with Crippen LogP contribution in [0.2, 0.25) is 0 Å². The predicted octanol–water partition coefficient (Wildman–Crippen LogP) is 2.58. The third-order valence-electron chi connectivity index (χ3n) is 3.73. The number of nitrogens with one attached hydrogen (secondary N) is 1. The number of anilines is 1. The molecule has 0 atom stereocenters. The number of aryl methyl sites for hydroxylation is 2. The normalized spacial score (nSPS) is 10.8. The van der Waals surface area contributed by atoms with E-state index in [4.69, 9.17) is 9.15 Å². The number of hydrogen-bond acceptors (Lipinski definition) is 5. The Morgan fingerprint density at radius 2 is 2.04 bits per heavy atom. The Hall–Kier alpha value is -3.09. The van der Waals surface area contributed by atoms with Gasteiger partial charge in [0.1, 0.15) is 5.58 Å². The number of esters is 1. The molecule has 0 aliphatic carbocycles. The molecule has 3 rings (SSSR count). The quantitative estimate of drug-likeness (QED) is 0.744. The van der Waals surface area contributed by atoms with Crippen LogP contribution in [0.3, 0.4) is 0 Å². The zero-order valence-corrected chi connectivity index (χ0v) is 13.6. The number of furan rings is 1. The molecule has 3 aromatic rings. The van der Waals surface area contributed by atoms with Crippen LogP contribution in [-0.4, -0.2) is 28.3 Å². The molecule has 0 bridgehead atoms. The lowest BCUT2D eigenvalue weighted by Gasteiger charge is -2.06. The molecule has 2 heterocycles. The highest BCUT2D eigenvalue weighted by atomic mass is 16.5. The van der Waals surface area contributed by atoms with E-state index < -0.39 is 18.5 Å². The molecule has 0 saturated carbocycles. The zero-order chi connectivity index (χ0) is 17.3. The fourth-order valence-electron chi connectivity index (χ4n) is 2.41. The molecule has 7 nitrogen and oxygen atoms in total. The standard InChI is InChI=1S/C17H17N3O4/c1-10-16(11(2)20(3)19-10)18-15(21)9-23-17(22)14-8-12-6-4-5-7-13(12)24-14/h4-8H,9H2,1-3H3,(H,18,21). The fraction of sp³-hybridized carbons (Fsp3) is 0.235. The molecular weight excluding hydrogens is 310 g/mol. The van der Waals surface area contributed by atoms with Crippen LogP contribution in [0.25, 0.3) is 11.0 Å². The average molecular weight is 327 g/mol. The molecular formula is C17H17N3O4. The highest BCUT2D eigenvalue weighted by Crippen LogP contribution is 2.20. The van der Waals surface area contributed by atoms with Crippen molar-refractivity contribution in [3.8, 4) is 0 Å². The van der Waals surface area contributed by atoms with Crippen molar-refractivity contribution in [3.63, 3.8) is 0 Å². The molecule has 1 amide bonds. The van der Waals surface area contributed by atoms with Gasteiger partial charge in [0.25, 0.3) is 5.91 Å². The predicted molar refractivity (Wildman–Crippen MR) is 87.8 cm³/mol. The molecule has 0 spiro atoms. The van der Waals surface area contributed by atoms with Gasteiger partial charge in [-0.3, -0.25) is 9.48 Å². The number of rotatable bonds is 4. The highest BCUT2D eigenvalue weighted by molar-refractivity contribution is 5.96. The number of benzene rings is 1. The second kappa shape index (κ2) is 6.19. The van der Waals surface area contributed by atoms with Gasteiger partial charge < -0.3 is 14.5 Å². The van der Waals surface area contributed by atoms with Gasteiger partial charge in [-0.1, -0.05) is 18.2 Å². The van der Waals surface area contributed by atoms with Gasteiger partial charge >= 0.3 is 5.97 Å². The fourth-order valence-corrected chi connectivity index (χ4v) is 2.41. The first kappa shape index (κ1) is 15.8. The van der Waals surface area contributed by atoms with E-state index in [0.29, 0.717) is 17.0 Å². The number of fused-ring (bicyclic) bond motifs is 1. The van der Waals surface area contributed by atoms with Crippen molar-refractivity contribution in [3.05, 3.63) is 47.5 Å². The zero-order valence-electron chi connectivity index (χ0n) is 13.6. The molecule has 0 unspecified atom stereocenters. The Balaban J connectivity index is 1.62. The van der Waals surface area contributed by atoms with E-state index in [9.17, 15) is 9.59 Å². The van der Waals surface area contributed by atoms with Crippen molar-refractivity contribution in [1.82, 2.24) is 9.78 Å². The van der Waals surface area contributed by atoms with Crippen LogP contribution >= 0.6 is 0 Å². The van der Waals surface area contributed by atoms with Gasteiger partial charge in [0.15, 0.2) is 6.61 Å². The molecule has 0 fully saturated rings. The summed E-state index contributed by atoms with van der Waals surface area (Å²) < 4.78 is 12.1. The van der Waals surface area contributed by atoms with Crippen LogP contribution < -0.4 is 5.32 Å².